The van der Waals surface area contributed by atoms with E-state index in [1.807, 2.05) is 0 Å². The predicted molar refractivity (Wildman–Crippen MR) is 51.0 cm³/mol. The van der Waals surface area contributed by atoms with Crippen LogP contribution < -0.4 is 0 Å². The topological polar surface area (TPSA) is 37.3 Å². The molecule has 0 aliphatic rings. The molecule has 0 aromatic carbocycles. The van der Waals surface area contributed by atoms with Gasteiger partial charge in [-0.2, -0.15) is 0 Å². The van der Waals surface area contributed by atoms with E-state index in [0.717, 1.165) is 6.92 Å². The normalized spacial score (nSPS) is 10.2. The van der Waals surface area contributed by atoms with Crippen molar-refractivity contribution in [3.63, 3.8) is 0 Å². The van der Waals surface area contributed by atoms with E-state index in [0.29, 0.717) is 0 Å². The molecular formula is C2H5B3F12LiO2-3. The van der Waals surface area contributed by atoms with Gasteiger partial charge in [0.2, 0.25) is 0 Å². The van der Waals surface area contributed by atoms with Gasteiger partial charge < -0.3 is 56.9 Å². The SMILES string of the molecule is CC(=O)O.F[B-](F)(F)F.F[B-](F)(F)F.F[B-](F)(F)F.[LiH]. The van der Waals surface area contributed by atoms with E-state index in [1.165, 1.54) is 0 Å². The Labute approximate surface area is 116 Å². The van der Waals surface area contributed by atoms with Crippen LogP contribution in [0.15, 0.2) is 0 Å². The van der Waals surface area contributed by atoms with Crippen LogP contribution in [0, 0.1) is 0 Å². The van der Waals surface area contributed by atoms with Crippen molar-refractivity contribution in [1.29, 1.82) is 0 Å². The minimum absolute atomic E-state index is 0. The van der Waals surface area contributed by atoms with Crippen molar-refractivity contribution in [2.75, 3.05) is 0 Å². The summed E-state index contributed by atoms with van der Waals surface area (Å²) < 4.78 is 117. The molecule has 0 aliphatic carbocycles. The minimum atomic E-state index is -6.00. The third-order valence-corrected chi connectivity index (χ3v) is 0. The van der Waals surface area contributed by atoms with Crippen LogP contribution in [0.25, 0.3) is 0 Å². The molecule has 0 unspecified atom stereocenters. The third kappa shape index (κ3) is 14100. The summed E-state index contributed by atoms with van der Waals surface area (Å²) in [4.78, 5) is 9.00. The van der Waals surface area contributed by atoms with Crippen molar-refractivity contribution >= 4 is 46.6 Å². The number of hydrogen-bond acceptors (Lipinski definition) is 1. The summed E-state index contributed by atoms with van der Waals surface area (Å²) in [6.07, 6.45) is 0. The van der Waals surface area contributed by atoms with E-state index in [2.05, 4.69) is 0 Å². The Morgan fingerprint density at radius 1 is 0.650 bits per heavy atom. The molecule has 0 heterocycles. The van der Waals surface area contributed by atoms with Gasteiger partial charge in [0.1, 0.15) is 0 Å². The zero-order chi connectivity index (χ0) is 17.1. The van der Waals surface area contributed by atoms with Crippen molar-refractivity contribution in [2.24, 2.45) is 0 Å². The van der Waals surface area contributed by atoms with Gasteiger partial charge >= 0.3 is 40.6 Å². The van der Waals surface area contributed by atoms with Crippen LogP contribution in [0.2, 0.25) is 0 Å². The molecule has 0 aromatic heterocycles. The zero-order valence-electron chi connectivity index (χ0n) is 8.62. The van der Waals surface area contributed by atoms with Gasteiger partial charge in [0.25, 0.3) is 5.97 Å². The predicted octanol–water partition coefficient (Wildman–Crippen LogP) is 3.34. The van der Waals surface area contributed by atoms with Gasteiger partial charge in [-0.15, -0.1) is 0 Å². The first-order valence-electron chi connectivity index (χ1n) is 3.55. The van der Waals surface area contributed by atoms with Crippen molar-refractivity contribution in [3.05, 3.63) is 0 Å². The summed E-state index contributed by atoms with van der Waals surface area (Å²) in [6, 6.07) is 0. The molecule has 0 atom stereocenters. The summed E-state index contributed by atoms with van der Waals surface area (Å²) in [5.41, 5.74) is 0. The van der Waals surface area contributed by atoms with Gasteiger partial charge in [-0.1, -0.05) is 0 Å². The van der Waals surface area contributed by atoms with Gasteiger partial charge in [-0.05, 0) is 0 Å². The van der Waals surface area contributed by atoms with Crippen LogP contribution in [-0.4, -0.2) is 51.7 Å². The number of carboxylic acid groups (broad SMARTS) is 1. The van der Waals surface area contributed by atoms with E-state index in [9.17, 15) is 51.8 Å². The van der Waals surface area contributed by atoms with Crippen molar-refractivity contribution in [2.45, 2.75) is 6.92 Å². The van der Waals surface area contributed by atoms with E-state index in [4.69, 9.17) is 9.90 Å². The molecule has 20 heavy (non-hydrogen) atoms. The second-order valence-electron chi connectivity index (χ2n) is 2.00. The maximum absolute atomic E-state index is 9.75. The van der Waals surface area contributed by atoms with Crippen molar-refractivity contribution in [1.82, 2.24) is 0 Å². The first kappa shape index (κ1) is 31.7. The monoisotopic (exact) mass is 329 g/mol. The van der Waals surface area contributed by atoms with E-state index >= 15 is 0 Å². The molecule has 0 fully saturated rings. The molecular weight excluding hydrogens is 323 g/mol. The van der Waals surface area contributed by atoms with Gasteiger partial charge in [0.15, 0.2) is 0 Å². The number of hydrogen-bond donors (Lipinski definition) is 1. The average molecular weight is 328 g/mol. The van der Waals surface area contributed by atoms with E-state index < -0.39 is 27.7 Å². The molecule has 0 aromatic rings. The molecule has 0 aliphatic heterocycles. The first-order valence-corrected chi connectivity index (χ1v) is 3.55. The Kier molecular flexibility index (Phi) is 21.2. The molecule has 0 saturated carbocycles. The summed E-state index contributed by atoms with van der Waals surface area (Å²) in [6.45, 7) is 1.08. The zero-order valence-corrected chi connectivity index (χ0v) is 8.62. The summed E-state index contributed by atoms with van der Waals surface area (Å²) in [5, 5.41) is 7.42. The average Bonchev–Trinajstić information content (AvgIpc) is 1.66. The Bertz CT molecular complexity index is 172. The first-order chi connectivity index (χ1) is 7.73. The molecule has 122 valence electrons. The molecule has 18 heteroatoms. The summed E-state index contributed by atoms with van der Waals surface area (Å²) in [5.74, 6) is -0.833. The Balaban J connectivity index is -0.0000000494. The van der Waals surface area contributed by atoms with Crippen LogP contribution in [0.4, 0.5) is 51.8 Å². The number of carbonyl (C=O) groups is 1. The fraction of sp³-hybridized carbons (Fsp3) is 0.500. The molecule has 2 nitrogen and oxygen atoms in total. The third-order valence-electron chi connectivity index (χ3n) is 0. The van der Waals surface area contributed by atoms with Gasteiger partial charge in [-0.25, -0.2) is 0 Å². The van der Waals surface area contributed by atoms with Crippen LogP contribution in [0.3, 0.4) is 0 Å². The fourth-order valence-corrected chi connectivity index (χ4v) is 0. The number of rotatable bonds is 0. The molecule has 0 saturated heterocycles. The molecule has 0 spiro atoms. The van der Waals surface area contributed by atoms with Crippen LogP contribution in [0.5, 0.6) is 0 Å². The van der Waals surface area contributed by atoms with Gasteiger partial charge in [0.05, 0.1) is 0 Å². The second kappa shape index (κ2) is 13.4. The second-order valence-corrected chi connectivity index (χ2v) is 2.00. The molecule has 1 N–H and O–H groups in total. The molecule has 0 amide bonds. The Morgan fingerprint density at radius 2 is 0.650 bits per heavy atom. The van der Waals surface area contributed by atoms with Crippen LogP contribution >= 0.6 is 0 Å². The number of halogens is 12. The fourth-order valence-electron chi connectivity index (χ4n) is 0. The number of carboxylic acids is 1. The van der Waals surface area contributed by atoms with Crippen molar-refractivity contribution < 1.29 is 61.7 Å². The standard InChI is InChI=1S/C2H4O2.3BF4.Li.H/c1-2(3)4;3*2-1(3,4)5;;/h1H3,(H,3,4);;;;;/q;3*-1;;. The quantitative estimate of drug-likeness (QED) is 0.547. The Morgan fingerprint density at radius 3 is 0.650 bits per heavy atom. The van der Waals surface area contributed by atoms with Crippen LogP contribution in [-0.2, 0) is 4.79 Å². The molecule has 0 radical (unpaired) electrons. The summed E-state index contributed by atoms with van der Waals surface area (Å²) >= 11 is 0. The maximum atomic E-state index is 9.75. The Hall–Kier alpha value is -0.578. The van der Waals surface area contributed by atoms with Crippen LogP contribution in [0.1, 0.15) is 6.92 Å². The molecule has 0 rings (SSSR count). The van der Waals surface area contributed by atoms with E-state index in [1.54, 1.807) is 0 Å². The van der Waals surface area contributed by atoms with E-state index in [-0.39, 0.29) is 18.9 Å². The summed E-state index contributed by atoms with van der Waals surface area (Å²) in [7, 11) is -18.0. The van der Waals surface area contributed by atoms with Crippen molar-refractivity contribution in [3.8, 4) is 0 Å². The number of aliphatic carboxylic acids is 1. The van der Waals surface area contributed by atoms with Gasteiger partial charge in [-0.3, -0.25) is 4.79 Å². The van der Waals surface area contributed by atoms with Gasteiger partial charge in [0, 0.05) is 6.92 Å². The molecule has 0 bridgehead atoms.